The van der Waals surface area contributed by atoms with Crippen LogP contribution in [0.3, 0.4) is 0 Å². The van der Waals surface area contributed by atoms with Crippen LogP contribution in [0, 0.1) is 0 Å². The van der Waals surface area contributed by atoms with E-state index in [0.717, 1.165) is 14.2 Å². The molecule has 0 fully saturated rings. The highest BCUT2D eigenvalue weighted by Crippen LogP contribution is 2.47. The molecule has 0 saturated carbocycles. The minimum atomic E-state index is -3.95. The molecule has 0 spiro atoms. The molecule has 0 aliphatic carbocycles. The zero-order chi connectivity index (χ0) is 9.78. The van der Waals surface area contributed by atoms with Crippen molar-refractivity contribution >= 4 is 19.0 Å². The first-order valence-electron chi connectivity index (χ1n) is 2.69. The fourth-order valence-electron chi connectivity index (χ4n) is 0.462. The normalized spacial score (nSPS) is 13.0. The third kappa shape index (κ3) is 2.04. The summed E-state index contributed by atoms with van der Waals surface area (Å²) in [5.74, 6) is -1.66. The molecule has 0 atom stereocenters. The minimum absolute atomic E-state index is 0.985. The van der Waals surface area contributed by atoms with Gasteiger partial charge in [-0.25, -0.2) is 4.79 Å². The average Bonchev–Trinajstić information content (AvgIpc) is 2.04. The van der Waals surface area contributed by atoms with Crippen molar-refractivity contribution in [3.63, 3.8) is 0 Å². The van der Waals surface area contributed by atoms with E-state index in [1.165, 1.54) is 0 Å². The lowest BCUT2D eigenvalue weighted by molar-refractivity contribution is -0.129. The molecule has 0 aromatic rings. The number of hydrogen-bond acceptors (Lipinski definition) is 6. The van der Waals surface area contributed by atoms with Crippen LogP contribution in [0.1, 0.15) is 0 Å². The number of oxime groups is 1. The summed E-state index contributed by atoms with van der Waals surface area (Å²) in [7, 11) is -1.98. The maximum absolute atomic E-state index is 11.2. The molecule has 8 heteroatoms. The number of rotatable bonds is 4. The van der Waals surface area contributed by atoms with Crippen LogP contribution in [0.25, 0.3) is 0 Å². The van der Waals surface area contributed by atoms with Gasteiger partial charge in [-0.2, -0.15) is 0 Å². The Bertz CT molecular complexity index is 240. The molecular weight excluding hydrogens is 189 g/mol. The van der Waals surface area contributed by atoms with Gasteiger partial charge in [-0.1, -0.05) is 5.16 Å². The van der Waals surface area contributed by atoms with Gasteiger partial charge in [0, 0.05) is 14.2 Å². The molecule has 0 saturated heterocycles. The van der Waals surface area contributed by atoms with Crippen LogP contribution in [0.15, 0.2) is 5.16 Å². The van der Waals surface area contributed by atoms with Gasteiger partial charge in [-0.3, -0.25) is 4.57 Å². The third-order valence-corrected chi connectivity index (χ3v) is 2.79. The van der Waals surface area contributed by atoms with E-state index in [4.69, 9.17) is 10.3 Å². The molecule has 12 heavy (non-hydrogen) atoms. The van der Waals surface area contributed by atoms with Crippen LogP contribution in [-0.4, -0.2) is 36.0 Å². The fourth-order valence-corrected chi connectivity index (χ4v) is 1.30. The van der Waals surface area contributed by atoms with E-state index < -0.39 is 19.0 Å². The van der Waals surface area contributed by atoms with Gasteiger partial charge in [0.2, 0.25) is 0 Å². The molecule has 70 valence electrons. The van der Waals surface area contributed by atoms with Crippen molar-refractivity contribution in [3.05, 3.63) is 0 Å². The topological polar surface area (TPSA) is 105 Å². The van der Waals surface area contributed by atoms with E-state index in [0.29, 0.717) is 0 Å². The van der Waals surface area contributed by atoms with Crippen LogP contribution >= 0.6 is 7.60 Å². The molecule has 0 aliphatic rings. The van der Waals surface area contributed by atoms with Gasteiger partial charge < -0.3 is 19.4 Å². The van der Waals surface area contributed by atoms with Crippen molar-refractivity contribution < 1.29 is 28.7 Å². The zero-order valence-electron chi connectivity index (χ0n) is 6.42. The number of carboxylic acids is 1. The van der Waals surface area contributed by atoms with E-state index in [2.05, 4.69) is 14.2 Å². The number of carboxylic acid groups (broad SMARTS) is 1. The summed E-state index contributed by atoms with van der Waals surface area (Å²) in [4.78, 5) is 10.3. The quantitative estimate of drug-likeness (QED) is 0.291. The van der Waals surface area contributed by atoms with E-state index in [1.54, 1.807) is 0 Å². The third-order valence-electron chi connectivity index (χ3n) is 1.03. The molecule has 0 amide bonds. The molecular formula is C4H8NO6P. The van der Waals surface area contributed by atoms with Gasteiger partial charge in [0.25, 0.3) is 5.45 Å². The Morgan fingerprint density at radius 2 is 1.83 bits per heavy atom. The smallest absolute Gasteiger partial charge is 0.390 e. The first kappa shape index (κ1) is 11.1. The summed E-state index contributed by atoms with van der Waals surface area (Å²) in [5, 5.41) is 18.8. The van der Waals surface area contributed by atoms with Gasteiger partial charge in [0.1, 0.15) is 0 Å². The summed E-state index contributed by atoms with van der Waals surface area (Å²) < 4.78 is 19.7. The van der Waals surface area contributed by atoms with Gasteiger partial charge in [-0.05, 0) is 0 Å². The highest BCUT2D eigenvalue weighted by molar-refractivity contribution is 7.75. The molecule has 0 unspecified atom stereocenters. The van der Waals surface area contributed by atoms with Crippen LogP contribution in [-0.2, 0) is 18.4 Å². The molecule has 2 N–H and O–H groups in total. The van der Waals surface area contributed by atoms with Gasteiger partial charge >= 0.3 is 13.6 Å². The lowest BCUT2D eigenvalue weighted by atomic mass is 10.8. The molecule has 7 nitrogen and oxygen atoms in total. The summed E-state index contributed by atoms with van der Waals surface area (Å²) in [6.07, 6.45) is 0. The Balaban J connectivity index is 4.97. The Kier molecular flexibility index (Phi) is 3.88. The second kappa shape index (κ2) is 4.20. The molecule has 0 aliphatic heterocycles. The van der Waals surface area contributed by atoms with Gasteiger partial charge in [-0.15, -0.1) is 0 Å². The lowest BCUT2D eigenvalue weighted by Gasteiger charge is -2.10. The van der Waals surface area contributed by atoms with Crippen molar-refractivity contribution in [2.24, 2.45) is 5.16 Å². The van der Waals surface area contributed by atoms with E-state index in [-0.39, 0.29) is 0 Å². The summed E-state index contributed by atoms with van der Waals surface area (Å²) in [6.45, 7) is 0. The SMILES string of the molecule is COP(=O)(OC)/C(=N\O)C(=O)O. The zero-order valence-corrected chi connectivity index (χ0v) is 7.32. The summed E-state index contributed by atoms with van der Waals surface area (Å²) >= 11 is 0. The van der Waals surface area contributed by atoms with Crippen molar-refractivity contribution in [1.29, 1.82) is 0 Å². The standard InChI is InChI=1S/C4H8NO6P/c1-10-12(9,11-2)3(5-8)4(6)7/h8H,1-2H3,(H,6,7)/b5-3-. The van der Waals surface area contributed by atoms with Crippen molar-refractivity contribution in [1.82, 2.24) is 0 Å². The van der Waals surface area contributed by atoms with Crippen LogP contribution in [0.4, 0.5) is 0 Å². The average molecular weight is 197 g/mol. The molecule has 0 rings (SSSR count). The van der Waals surface area contributed by atoms with Crippen LogP contribution < -0.4 is 0 Å². The molecule has 0 aromatic heterocycles. The monoisotopic (exact) mass is 197 g/mol. The van der Waals surface area contributed by atoms with Crippen LogP contribution in [0.2, 0.25) is 0 Å². The van der Waals surface area contributed by atoms with Crippen molar-refractivity contribution in [2.45, 2.75) is 0 Å². The minimum Gasteiger partial charge on any atom is -0.476 e. The number of aliphatic carboxylic acids is 1. The molecule has 0 heterocycles. The summed E-state index contributed by atoms with van der Waals surface area (Å²) in [5.41, 5.74) is -1.05. The van der Waals surface area contributed by atoms with E-state index >= 15 is 0 Å². The second-order valence-corrected chi connectivity index (χ2v) is 3.74. The highest BCUT2D eigenvalue weighted by atomic mass is 31.2. The Hall–Kier alpha value is -0.910. The maximum atomic E-state index is 11.2. The number of hydrogen-bond donors (Lipinski definition) is 2. The molecule has 0 bridgehead atoms. The Morgan fingerprint density at radius 1 is 1.42 bits per heavy atom. The van der Waals surface area contributed by atoms with Gasteiger partial charge in [0.15, 0.2) is 0 Å². The van der Waals surface area contributed by atoms with Crippen LogP contribution in [0.5, 0.6) is 0 Å². The first-order valence-corrected chi connectivity index (χ1v) is 4.23. The molecule has 0 aromatic carbocycles. The largest absolute Gasteiger partial charge is 0.476 e. The first-order chi connectivity index (χ1) is 5.51. The van der Waals surface area contributed by atoms with E-state index in [1.807, 2.05) is 0 Å². The summed E-state index contributed by atoms with van der Waals surface area (Å²) in [6, 6.07) is 0. The maximum Gasteiger partial charge on any atom is 0.390 e. The number of carbonyl (C=O) groups is 1. The molecule has 0 radical (unpaired) electrons. The highest BCUT2D eigenvalue weighted by Gasteiger charge is 2.36. The number of nitrogens with zero attached hydrogens (tertiary/aromatic N) is 1. The Morgan fingerprint density at radius 3 is 1.92 bits per heavy atom. The Labute approximate surface area is 68.1 Å². The predicted octanol–water partition coefficient (Wildman–Crippen LogP) is 0.345. The van der Waals surface area contributed by atoms with Crippen molar-refractivity contribution in [2.75, 3.05) is 14.2 Å². The lowest BCUT2D eigenvalue weighted by Crippen LogP contribution is -2.15. The predicted molar refractivity (Wildman–Crippen MR) is 38.5 cm³/mol. The van der Waals surface area contributed by atoms with Gasteiger partial charge in [0.05, 0.1) is 0 Å². The second-order valence-electron chi connectivity index (χ2n) is 1.59. The van der Waals surface area contributed by atoms with Crippen molar-refractivity contribution in [3.8, 4) is 0 Å². The fraction of sp³-hybridized carbons (Fsp3) is 0.500. The van der Waals surface area contributed by atoms with E-state index in [9.17, 15) is 9.36 Å².